The van der Waals surface area contributed by atoms with Gasteiger partial charge in [-0.3, -0.25) is 0 Å². The quantitative estimate of drug-likeness (QED) is 0.900. The van der Waals surface area contributed by atoms with Crippen molar-refractivity contribution >= 4 is 16.5 Å². The topological polar surface area (TPSA) is 42.2 Å². The number of aryl methyl sites for hydroxylation is 2. The van der Waals surface area contributed by atoms with E-state index in [0.29, 0.717) is 6.04 Å². The average molecular weight is 253 g/mol. The number of piperidine rings is 1. The molecule has 96 valence electrons. The minimum atomic E-state index is 0.485. The van der Waals surface area contributed by atoms with Gasteiger partial charge in [0.05, 0.1) is 5.69 Å². The van der Waals surface area contributed by atoms with E-state index in [1.165, 1.54) is 35.0 Å². The number of aromatic nitrogens is 1. The second-order valence-electron chi connectivity index (χ2n) is 5.02. The molecule has 1 fully saturated rings. The molecule has 2 unspecified atom stereocenters. The van der Waals surface area contributed by atoms with Gasteiger partial charge in [-0.2, -0.15) is 0 Å². The van der Waals surface area contributed by atoms with Gasteiger partial charge in [-0.1, -0.05) is 13.3 Å². The number of nitrogens with zero attached hydrogens (tertiary/aromatic N) is 2. The number of hydrogen-bond acceptors (Lipinski definition) is 4. The smallest absolute Gasteiger partial charge is 0.186 e. The van der Waals surface area contributed by atoms with Gasteiger partial charge in [-0.05, 0) is 32.6 Å². The van der Waals surface area contributed by atoms with E-state index in [1.807, 2.05) is 11.3 Å². The van der Waals surface area contributed by atoms with Crippen LogP contribution in [0.5, 0.6) is 0 Å². The molecule has 0 saturated carbocycles. The Morgan fingerprint density at radius 2 is 2.24 bits per heavy atom. The highest BCUT2D eigenvalue weighted by Gasteiger charge is 2.28. The average Bonchev–Trinajstić information content (AvgIpc) is 2.68. The molecule has 2 atom stereocenters. The standard InChI is InChI=1S/C13H23N3S/c1-4-11-5-6-16(12(7-11)8-14)13-15-9(2)10(3)17-13/h11-12H,4-8,14H2,1-3H3. The minimum Gasteiger partial charge on any atom is -0.344 e. The van der Waals surface area contributed by atoms with Crippen molar-refractivity contribution in [2.45, 2.75) is 46.1 Å². The maximum atomic E-state index is 5.93. The van der Waals surface area contributed by atoms with E-state index in [0.717, 1.165) is 19.0 Å². The third-order valence-corrected chi connectivity index (χ3v) is 5.05. The molecule has 1 aliphatic rings. The predicted molar refractivity (Wildman–Crippen MR) is 74.8 cm³/mol. The van der Waals surface area contributed by atoms with E-state index < -0.39 is 0 Å². The van der Waals surface area contributed by atoms with Crippen LogP contribution in [0.4, 0.5) is 5.13 Å². The highest BCUT2D eigenvalue weighted by molar-refractivity contribution is 7.15. The molecule has 0 bridgehead atoms. The third kappa shape index (κ3) is 2.63. The van der Waals surface area contributed by atoms with Gasteiger partial charge in [0.25, 0.3) is 0 Å². The second kappa shape index (κ2) is 5.36. The first kappa shape index (κ1) is 12.8. The van der Waals surface area contributed by atoms with Gasteiger partial charge in [-0.25, -0.2) is 4.98 Å². The van der Waals surface area contributed by atoms with E-state index in [9.17, 15) is 0 Å². The van der Waals surface area contributed by atoms with Crippen molar-refractivity contribution in [2.75, 3.05) is 18.0 Å². The summed E-state index contributed by atoms with van der Waals surface area (Å²) in [7, 11) is 0. The first-order valence-electron chi connectivity index (χ1n) is 6.56. The summed E-state index contributed by atoms with van der Waals surface area (Å²) in [4.78, 5) is 8.43. The second-order valence-corrected chi connectivity index (χ2v) is 6.20. The summed E-state index contributed by atoms with van der Waals surface area (Å²) in [6.07, 6.45) is 3.79. The van der Waals surface area contributed by atoms with Gasteiger partial charge < -0.3 is 10.6 Å². The fourth-order valence-electron chi connectivity index (χ4n) is 2.56. The normalized spacial score (nSPS) is 25.3. The van der Waals surface area contributed by atoms with Crippen molar-refractivity contribution in [2.24, 2.45) is 11.7 Å². The van der Waals surface area contributed by atoms with Crippen molar-refractivity contribution in [1.29, 1.82) is 0 Å². The molecule has 2 N–H and O–H groups in total. The maximum Gasteiger partial charge on any atom is 0.186 e. The number of nitrogens with two attached hydrogens (primary N) is 1. The Morgan fingerprint density at radius 3 is 2.76 bits per heavy atom. The van der Waals surface area contributed by atoms with Crippen LogP contribution in [-0.2, 0) is 0 Å². The van der Waals surface area contributed by atoms with E-state index in [1.54, 1.807) is 0 Å². The summed E-state index contributed by atoms with van der Waals surface area (Å²) in [6, 6.07) is 0.485. The molecule has 2 rings (SSSR count). The van der Waals surface area contributed by atoms with E-state index in [-0.39, 0.29) is 0 Å². The van der Waals surface area contributed by atoms with E-state index >= 15 is 0 Å². The molecule has 17 heavy (non-hydrogen) atoms. The number of hydrogen-bond donors (Lipinski definition) is 1. The van der Waals surface area contributed by atoms with Gasteiger partial charge in [-0.15, -0.1) is 11.3 Å². The predicted octanol–water partition coefficient (Wildman–Crippen LogP) is 2.71. The van der Waals surface area contributed by atoms with Crippen LogP contribution in [0, 0.1) is 19.8 Å². The summed E-state index contributed by atoms with van der Waals surface area (Å²) in [5.41, 5.74) is 7.09. The summed E-state index contributed by atoms with van der Waals surface area (Å²) >= 11 is 1.81. The zero-order valence-corrected chi connectivity index (χ0v) is 11.9. The van der Waals surface area contributed by atoms with Crippen molar-refractivity contribution in [3.63, 3.8) is 0 Å². The van der Waals surface area contributed by atoms with Crippen LogP contribution < -0.4 is 10.6 Å². The van der Waals surface area contributed by atoms with Crippen molar-refractivity contribution in [1.82, 2.24) is 4.98 Å². The molecule has 0 amide bonds. The van der Waals surface area contributed by atoms with Crippen LogP contribution in [0.1, 0.15) is 36.8 Å². The molecule has 1 saturated heterocycles. The van der Waals surface area contributed by atoms with Gasteiger partial charge in [0, 0.05) is 24.0 Å². The minimum absolute atomic E-state index is 0.485. The van der Waals surface area contributed by atoms with E-state index in [2.05, 4.69) is 30.7 Å². The maximum absolute atomic E-state index is 5.93. The Bertz CT molecular complexity index is 355. The fraction of sp³-hybridized carbons (Fsp3) is 0.769. The molecular weight excluding hydrogens is 230 g/mol. The molecule has 0 aliphatic carbocycles. The zero-order chi connectivity index (χ0) is 12.4. The lowest BCUT2D eigenvalue weighted by Gasteiger charge is -2.38. The molecule has 4 heteroatoms. The zero-order valence-electron chi connectivity index (χ0n) is 11.1. The summed E-state index contributed by atoms with van der Waals surface area (Å²) < 4.78 is 0. The fourth-order valence-corrected chi connectivity index (χ4v) is 3.57. The van der Waals surface area contributed by atoms with Crippen molar-refractivity contribution in [3.8, 4) is 0 Å². The largest absolute Gasteiger partial charge is 0.344 e. The van der Waals surface area contributed by atoms with Crippen molar-refractivity contribution in [3.05, 3.63) is 10.6 Å². The van der Waals surface area contributed by atoms with Crippen LogP contribution in [0.2, 0.25) is 0 Å². The third-order valence-electron chi connectivity index (χ3n) is 3.94. The Morgan fingerprint density at radius 1 is 1.47 bits per heavy atom. The lowest BCUT2D eigenvalue weighted by atomic mass is 9.89. The summed E-state index contributed by atoms with van der Waals surface area (Å²) in [6.45, 7) is 8.38. The lowest BCUT2D eigenvalue weighted by Crippen LogP contribution is -2.46. The molecular formula is C13H23N3S. The molecule has 0 radical (unpaired) electrons. The SMILES string of the molecule is CCC1CCN(c2nc(C)c(C)s2)C(CN)C1. The monoisotopic (exact) mass is 253 g/mol. The molecule has 0 spiro atoms. The van der Waals surface area contributed by atoms with Crippen LogP contribution in [0.3, 0.4) is 0 Å². The van der Waals surface area contributed by atoms with Crippen molar-refractivity contribution < 1.29 is 0 Å². The Labute approximate surface area is 108 Å². The van der Waals surface area contributed by atoms with Gasteiger partial charge in [0.1, 0.15) is 0 Å². The first-order valence-corrected chi connectivity index (χ1v) is 7.38. The van der Waals surface area contributed by atoms with Crippen LogP contribution in [0.25, 0.3) is 0 Å². The number of thiazole rings is 1. The van der Waals surface area contributed by atoms with Crippen LogP contribution in [0.15, 0.2) is 0 Å². The molecule has 0 aromatic carbocycles. The Kier molecular flexibility index (Phi) is 4.05. The summed E-state index contributed by atoms with van der Waals surface area (Å²) in [5, 5.41) is 1.17. The number of anilines is 1. The lowest BCUT2D eigenvalue weighted by molar-refractivity contribution is 0.335. The van der Waals surface area contributed by atoms with E-state index in [4.69, 9.17) is 5.73 Å². The Hall–Kier alpha value is -0.610. The van der Waals surface area contributed by atoms with Gasteiger partial charge in [0.15, 0.2) is 5.13 Å². The molecule has 2 heterocycles. The Balaban J connectivity index is 2.14. The molecule has 1 aromatic heterocycles. The van der Waals surface area contributed by atoms with Crippen LogP contribution in [-0.4, -0.2) is 24.1 Å². The van der Waals surface area contributed by atoms with Crippen LogP contribution >= 0.6 is 11.3 Å². The molecule has 1 aliphatic heterocycles. The highest BCUT2D eigenvalue weighted by atomic mass is 32.1. The molecule has 3 nitrogen and oxygen atoms in total. The summed E-state index contributed by atoms with van der Waals surface area (Å²) in [5.74, 6) is 0.849. The molecule has 1 aromatic rings. The number of rotatable bonds is 3. The van der Waals surface area contributed by atoms with Gasteiger partial charge >= 0.3 is 0 Å². The van der Waals surface area contributed by atoms with Gasteiger partial charge in [0.2, 0.25) is 0 Å². The highest BCUT2D eigenvalue weighted by Crippen LogP contribution is 2.32. The first-order chi connectivity index (χ1) is 8.15.